The van der Waals surface area contributed by atoms with E-state index in [2.05, 4.69) is 10.6 Å². The third kappa shape index (κ3) is 3.25. The number of amides is 1. The van der Waals surface area contributed by atoms with Gasteiger partial charge in [-0.2, -0.15) is 0 Å². The maximum absolute atomic E-state index is 11.0. The molecule has 18 heavy (non-hydrogen) atoms. The first kappa shape index (κ1) is 12.0. The van der Waals surface area contributed by atoms with Crippen molar-refractivity contribution in [3.63, 3.8) is 0 Å². The Bertz CT molecular complexity index is 509. The van der Waals surface area contributed by atoms with Gasteiger partial charge in [-0.05, 0) is 36.4 Å². The van der Waals surface area contributed by atoms with Gasteiger partial charge in [0.25, 0.3) is 0 Å². The van der Waals surface area contributed by atoms with Crippen LogP contribution in [0, 0.1) is 0 Å². The number of carbonyl (C=O) groups excluding carboxylic acids is 1. The third-order valence-corrected chi connectivity index (χ3v) is 2.33. The minimum absolute atomic E-state index is 0.473. The second-order valence-corrected chi connectivity index (χ2v) is 3.65. The Labute approximate surface area is 106 Å². The number of nitrogens with one attached hydrogen (secondary N) is 2. The molecule has 0 aliphatic heterocycles. The second kappa shape index (κ2) is 5.72. The van der Waals surface area contributed by atoms with E-state index < -0.39 is 6.09 Å². The molecule has 0 heterocycles. The smallest absolute Gasteiger partial charge is 0.410 e. The Kier molecular flexibility index (Phi) is 3.81. The molecule has 92 valence electrons. The van der Waals surface area contributed by atoms with E-state index in [9.17, 15) is 4.79 Å². The van der Waals surface area contributed by atoms with Gasteiger partial charge in [0.2, 0.25) is 0 Å². The first-order chi connectivity index (χ1) is 8.78. The summed E-state index contributed by atoms with van der Waals surface area (Å²) < 4.78 is 4.99. The minimum atomic E-state index is -0.473. The van der Waals surface area contributed by atoms with Gasteiger partial charge in [-0.1, -0.05) is 18.2 Å². The van der Waals surface area contributed by atoms with Crippen LogP contribution in [0.5, 0.6) is 5.75 Å². The minimum Gasteiger partial charge on any atom is -0.410 e. The number of hydrogen-bond donors (Lipinski definition) is 2. The van der Waals surface area contributed by atoms with Crippen LogP contribution in [0.25, 0.3) is 0 Å². The summed E-state index contributed by atoms with van der Waals surface area (Å²) >= 11 is 0. The Balaban J connectivity index is 2.02. The monoisotopic (exact) mass is 242 g/mol. The first-order valence-corrected chi connectivity index (χ1v) is 5.59. The molecule has 0 bridgehead atoms. The molecule has 0 aliphatic carbocycles. The summed E-state index contributed by atoms with van der Waals surface area (Å²) in [5, 5.41) is 5.63. The second-order valence-electron chi connectivity index (χ2n) is 3.65. The fraction of sp³-hybridized carbons (Fsp3) is 0.0714. The summed E-state index contributed by atoms with van der Waals surface area (Å²) in [6.07, 6.45) is -0.473. The topological polar surface area (TPSA) is 50.4 Å². The molecule has 0 saturated heterocycles. The Morgan fingerprint density at radius 3 is 2.17 bits per heavy atom. The highest BCUT2D eigenvalue weighted by molar-refractivity contribution is 5.70. The number of para-hydroxylation sites is 1. The van der Waals surface area contributed by atoms with Crippen molar-refractivity contribution in [1.82, 2.24) is 5.32 Å². The lowest BCUT2D eigenvalue weighted by Gasteiger charge is -2.07. The number of carbonyl (C=O) groups is 1. The van der Waals surface area contributed by atoms with E-state index in [4.69, 9.17) is 4.74 Å². The zero-order chi connectivity index (χ0) is 12.8. The van der Waals surface area contributed by atoms with Crippen molar-refractivity contribution in [3.05, 3.63) is 54.6 Å². The van der Waals surface area contributed by atoms with Gasteiger partial charge < -0.3 is 15.4 Å². The van der Waals surface area contributed by atoms with E-state index in [-0.39, 0.29) is 0 Å². The molecule has 0 unspecified atom stereocenters. The predicted molar refractivity (Wildman–Crippen MR) is 71.3 cm³/mol. The van der Waals surface area contributed by atoms with Crippen LogP contribution in [0.15, 0.2) is 54.6 Å². The van der Waals surface area contributed by atoms with Crippen molar-refractivity contribution in [2.45, 2.75) is 0 Å². The summed E-state index contributed by atoms with van der Waals surface area (Å²) in [7, 11) is 1.52. The van der Waals surface area contributed by atoms with Gasteiger partial charge in [0.15, 0.2) is 0 Å². The van der Waals surface area contributed by atoms with Crippen LogP contribution in [0.4, 0.5) is 16.2 Å². The Hall–Kier alpha value is -2.49. The molecule has 1 amide bonds. The highest BCUT2D eigenvalue weighted by atomic mass is 16.5. The van der Waals surface area contributed by atoms with E-state index in [1.54, 1.807) is 12.1 Å². The third-order valence-electron chi connectivity index (χ3n) is 2.33. The molecule has 2 aromatic carbocycles. The molecule has 0 aliphatic rings. The molecule has 0 spiro atoms. The lowest BCUT2D eigenvalue weighted by Crippen LogP contribution is -2.21. The van der Waals surface area contributed by atoms with Crippen LogP contribution >= 0.6 is 0 Å². The lowest BCUT2D eigenvalue weighted by molar-refractivity contribution is 0.203. The predicted octanol–water partition coefficient (Wildman–Crippen LogP) is 3.15. The van der Waals surface area contributed by atoms with Crippen molar-refractivity contribution in [3.8, 4) is 5.75 Å². The normalized spacial score (nSPS) is 9.61. The molecule has 4 nitrogen and oxygen atoms in total. The van der Waals surface area contributed by atoms with Crippen molar-refractivity contribution in [2.75, 3.05) is 12.4 Å². The lowest BCUT2D eigenvalue weighted by atomic mass is 10.2. The molecule has 2 rings (SSSR count). The molecule has 0 saturated carbocycles. The average Bonchev–Trinajstić information content (AvgIpc) is 2.42. The molecule has 0 atom stereocenters. The standard InChI is InChI=1S/C14H14N2O2/c1-15-14(17)18-13-9-7-12(8-10-13)16-11-5-3-2-4-6-11/h2-10,16H,1H3,(H,15,17). The SMILES string of the molecule is CNC(=O)Oc1ccc(Nc2ccccc2)cc1. The van der Waals surface area contributed by atoms with Gasteiger partial charge in [0.05, 0.1) is 0 Å². The maximum Gasteiger partial charge on any atom is 0.412 e. The zero-order valence-corrected chi connectivity index (χ0v) is 10.0. The number of benzene rings is 2. The maximum atomic E-state index is 11.0. The summed E-state index contributed by atoms with van der Waals surface area (Å²) in [4.78, 5) is 11.0. The number of anilines is 2. The fourth-order valence-electron chi connectivity index (χ4n) is 1.45. The van der Waals surface area contributed by atoms with Crippen LogP contribution in [0.3, 0.4) is 0 Å². The van der Waals surface area contributed by atoms with E-state index >= 15 is 0 Å². The summed E-state index contributed by atoms with van der Waals surface area (Å²) in [6.45, 7) is 0. The molecule has 0 radical (unpaired) electrons. The first-order valence-electron chi connectivity index (χ1n) is 5.59. The summed E-state index contributed by atoms with van der Waals surface area (Å²) in [6, 6.07) is 17.0. The summed E-state index contributed by atoms with van der Waals surface area (Å²) in [5.74, 6) is 0.507. The van der Waals surface area contributed by atoms with E-state index in [0.717, 1.165) is 11.4 Å². The van der Waals surface area contributed by atoms with Gasteiger partial charge >= 0.3 is 6.09 Å². The van der Waals surface area contributed by atoms with Gasteiger partial charge in [-0.15, -0.1) is 0 Å². The van der Waals surface area contributed by atoms with Gasteiger partial charge in [-0.25, -0.2) is 4.79 Å². The largest absolute Gasteiger partial charge is 0.412 e. The Morgan fingerprint density at radius 1 is 0.944 bits per heavy atom. The van der Waals surface area contributed by atoms with Gasteiger partial charge in [0.1, 0.15) is 5.75 Å². The van der Waals surface area contributed by atoms with E-state index in [0.29, 0.717) is 5.75 Å². The van der Waals surface area contributed by atoms with Gasteiger partial charge in [-0.3, -0.25) is 0 Å². The van der Waals surface area contributed by atoms with Crippen molar-refractivity contribution in [1.29, 1.82) is 0 Å². The average molecular weight is 242 g/mol. The van der Waals surface area contributed by atoms with Crippen LogP contribution < -0.4 is 15.4 Å². The van der Waals surface area contributed by atoms with Gasteiger partial charge in [0, 0.05) is 18.4 Å². The van der Waals surface area contributed by atoms with Crippen LogP contribution in [0.2, 0.25) is 0 Å². The number of hydrogen-bond acceptors (Lipinski definition) is 3. The van der Waals surface area contributed by atoms with Crippen LogP contribution in [0.1, 0.15) is 0 Å². The molecule has 0 fully saturated rings. The molecular formula is C14H14N2O2. The zero-order valence-electron chi connectivity index (χ0n) is 10.0. The summed E-state index contributed by atoms with van der Waals surface area (Å²) in [5.41, 5.74) is 1.95. The van der Waals surface area contributed by atoms with Crippen LogP contribution in [-0.2, 0) is 0 Å². The van der Waals surface area contributed by atoms with E-state index in [1.165, 1.54) is 7.05 Å². The Morgan fingerprint density at radius 2 is 1.56 bits per heavy atom. The van der Waals surface area contributed by atoms with Crippen molar-refractivity contribution in [2.24, 2.45) is 0 Å². The number of ether oxygens (including phenoxy) is 1. The molecular weight excluding hydrogens is 228 g/mol. The quantitative estimate of drug-likeness (QED) is 0.869. The number of rotatable bonds is 3. The fourth-order valence-corrected chi connectivity index (χ4v) is 1.45. The molecule has 4 heteroatoms. The van der Waals surface area contributed by atoms with Crippen molar-refractivity contribution >= 4 is 17.5 Å². The van der Waals surface area contributed by atoms with Crippen molar-refractivity contribution < 1.29 is 9.53 Å². The highest BCUT2D eigenvalue weighted by Crippen LogP contribution is 2.19. The highest BCUT2D eigenvalue weighted by Gasteiger charge is 2.01. The molecule has 0 aromatic heterocycles. The van der Waals surface area contributed by atoms with Crippen LogP contribution in [-0.4, -0.2) is 13.1 Å². The molecule has 2 N–H and O–H groups in total. The van der Waals surface area contributed by atoms with E-state index in [1.807, 2.05) is 42.5 Å². The molecule has 2 aromatic rings.